The van der Waals surface area contributed by atoms with Crippen molar-refractivity contribution in [3.63, 3.8) is 0 Å². The fraction of sp³-hybridized carbons (Fsp3) is 0.727. The summed E-state index contributed by atoms with van der Waals surface area (Å²) in [5.74, 6) is 0.644. The Bertz CT molecular complexity index is 339. The van der Waals surface area contributed by atoms with Gasteiger partial charge in [-0.05, 0) is 19.4 Å². The summed E-state index contributed by atoms with van der Waals surface area (Å²) in [7, 11) is 1.94. The van der Waals surface area contributed by atoms with Crippen LogP contribution in [0.2, 0.25) is 0 Å². The summed E-state index contributed by atoms with van der Waals surface area (Å²) >= 11 is 6.10. The van der Waals surface area contributed by atoms with Gasteiger partial charge in [-0.25, -0.2) is 0 Å². The number of hydrogen-bond donors (Lipinski definition) is 0. The Morgan fingerprint density at radius 2 is 2.53 bits per heavy atom. The predicted octanol–water partition coefficient (Wildman–Crippen LogP) is 2.00. The van der Waals surface area contributed by atoms with E-state index in [4.69, 9.17) is 16.3 Å². The average molecular weight is 229 g/mol. The van der Waals surface area contributed by atoms with Gasteiger partial charge in [-0.15, -0.1) is 11.6 Å². The highest BCUT2D eigenvalue weighted by atomic mass is 35.5. The monoisotopic (exact) mass is 228 g/mol. The molecule has 4 heteroatoms. The highest BCUT2D eigenvalue weighted by molar-refractivity contribution is 6.18. The first-order valence-corrected chi connectivity index (χ1v) is 5.86. The van der Waals surface area contributed by atoms with Crippen molar-refractivity contribution in [3.8, 4) is 0 Å². The zero-order chi connectivity index (χ0) is 10.9. The molecule has 1 aromatic rings. The SMILES string of the molecule is CC1OCCC1(CCl)Cc1ccn(C)n1. The van der Waals surface area contributed by atoms with Crippen molar-refractivity contribution >= 4 is 11.6 Å². The lowest BCUT2D eigenvalue weighted by molar-refractivity contribution is 0.0731. The zero-order valence-electron chi connectivity index (χ0n) is 9.24. The number of hydrogen-bond acceptors (Lipinski definition) is 2. The first-order valence-electron chi connectivity index (χ1n) is 5.32. The van der Waals surface area contributed by atoms with Gasteiger partial charge in [0.2, 0.25) is 0 Å². The molecule has 1 aromatic heterocycles. The van der Waals surface area contributed by atoms with Gasteiger partial charge in [0, 0.05) is 37.6 Å². The highest BCUT2D eigenvalue weighted by Crippen LogP contribution is 2.38. The number of aryl methyl sites for hydroxylation is 1. The van der Waals surface area contributed by atoms with E-state index in [1.165, 1.54) is 0 Å². The summed E-state index contributed by atoms with van der Waals surface area (Å²) in [5.41, 5.74) is 1.19. The minimum atomic E-state index is 0.0793. The summed E-state index contributed by atoms with van der Waals surface area (Å²) in [5, 5.41) is 4.40. The molecule has 0 radical (unpaired) electrons. The standard InChI is InChI=1S/C11H17ClN2O/c1-9-11(8-12,4-6-15-9)7-10-3-5-14(2)13-10/h3,5,9H,4,6-8H2,1-2H3. The van der Waals surface area contributed by atoms with Gasteiger partial charge in [0.25, 0.3) is 0 Å². The fourth-order valence-corrected chi connectivity index (χ4v) is 2.64. The van der Waals surface area contributed by atoms with E-state index >= 15 is 0 Å². The minimum absolute atomic E-state index is 0.0793. The molecule has 2 heterocycles. The smallest absolute Gasteiger partial charge is 0.0631 e. The van der Waals surface area contributed by atoms with Crippen LogP contribution >= 0.6 is 11.6 Å². The van der Waals surface area contributed by atoms with E-state index in [-0.39, 0.29) is 11.5 Å². The second-order valence-corrected chi connectivity index (χ2v) is 4.68. The normalized spacial score (nSPS) is 31.0. The Kier molecular flexibility index (Phi) is 3.03. The van der Waals surface area contributed by atoms with Crippen molar-refractivity contribution in [1.29, 1.82) is 0 Å². The van der Waals surface area contributed by atoms with E-state index in [0.29, 0.717) is 5.88 Å². The van der Waals surface area contributed by atoms with Crippen molar-refractivity contribution in [2.24, 2.45) is 12.5 Å². The van der Waals surface area contributed by atoms with Crippen molar-refractivity contribution < 1.29 is 4.74 Å². The summed E-state index contributed by atoms with van der Waals surface area (Å²) in [6, 6.07) is 2.05. The third-order valence-electron chi connectivity index (χ3n) is 3.40. The van der Waals surface area contributed by atoms with Crippen LogP contribution in [-0.4, -0.2) is 28.4 Å². The molecule has 2 rings (SSSR count). The molecule has 3 nitrogen and oxygen atoms in total. The molecule has 15 heavy (non-hydrogen) atoms. The van der Waals surface area contributed by atoms with Gasteiger partial charge in [-0.2, -0.15) is 5.10 Å². The molecule has 1 aliphatic rings. The predicted molar refractivity (Wildman–Crippen MR) is 60.1 cm³/mol. The van der Waals surface area contributed by atoms with Gasteiger partial charge in [-0.3, -0.25) is 4.68 Å². The molecule has 0 bridgehead atoms. The van der Waals surface area contributed by atoms with E-state index in [1.54, 1.807) is 0 Å². The third kappa shape index (κ3) is 2.04. The quantitative estimate of drug-likeness (QED) is 0.740. The van der Waals surface area contributed by atoms with Crippen LogP contribution in [0.15, 0.2) is 12.3 Å². The molecule has 84 valence electrons. The van der Waals surface area contributed by atoms with Crippen LogP contribution in [0.25, 0.3) is 0 Å². The van der Waals surface area contributed by atoms with Crippen LogP contribution in [0.4, 0.5) is 0 Å². The van der Waals surface area contributed by atoms with Crippen molar-refractivity contribution in [2.45, 2.75) is 25.9 Å². The lowest BCUT2D eigenvalue weighted by Crippen LogP contribution is -2.33. The molecular weight excluding hydrogens is 212 g/mol. The number of nitrogens with zero attached hydrogens (tertiary/aromatic N) is 2. The first kappa shape index (κ1) is 11.0. The van der Waals surface area contributed by atoms with Crippen molar-refractivity contribution in [1.82, 2.24) is 9.78 Å². The topological polar surface area (TPSA) is 27.1 Å². The second kappa shape index (κ2) is 4.14. The number of rotatable bonds is 3. The van der Waals surface area contributed by atoms with Crippen molar-refractivity contribution in [2.75, 3.05) is 12.5 Å². The number of halogens is 1. The maximum absolute atomic E-state index is 6.10. The first-order chi connectivity index (χ1) is 7.16. The fourth-order valence-electron chi connectivity index (χ4n) is 2.19. The van der Waals surface area contributed by atoms with E-state index < -0.39 is 0 Å². The Balaban J connectivity index is 2.14. The Morgan fingerprint density at radius 1 is 1.73 bits per heavy atom. The number of ether oxygens (including phenoxy) is 1. The lowest BCUT2D eigenvalue weighted by atomic mass is 9.79. The number of alkyl halides is 1. The van der Waals surface area contributed by atoms with Gasteiger partial charge >= 0.3 is 0 Å². The Labute approximate surface area is 95.4 Å². The van der Waals surface area contributed by atoms with Crippen LogP contribution in [0.1, 0.15) is 19.0 Å². The molecule has 1 saturated heterocycles. The van der Waals surface area contributed by atoms with E-state index in [2.05, 4.69) is 18.1 Å². The molecule has 0 N–H and O–H groups in total. The van der Waals surface area contributed by atoms with Crippen LogP contribution in [0.3, 0.4) is 0 Å². The Hall–Kier alpha value is -0.540. The molecule has 2 unspecified atom stereocenters. The Morgan fingerprint density at radius 3 is 3.00 bits per heavy atom. The number of aromatic nitrogens is 2. The molecule has 1 aliphatic heterocycles. The third-order valence-corrected chi connectivity index (χ3v) is 3.93. The van der Waals surface area contributed by atoms with Gasteiger partial charge < -0.3 is 4.74 Å². The average Bonchev–Trinajstić information content (AvgIpc) is 2.76. The highest BCUT2D eigenvalue weighted by Gasteiger charge is 2.41. The molecular formula is C11H17ClN2O. The summed E-state index contributed by atoms with van der Waals surface area (Å²) in [6.45, 7) is 2.93. The molecule has 0 amide bonds. The van der Waals surface area contributed by atoms with Crippen LogP contribution in [0, 0.1) is 5.41 Å². The van der Waals surface area contributed by atoms with Crippen LogP contribution in [0.5, 0.6) is 0 Å². The largest absolute Gasteiger partial charge is 0.378 e. The van der Waals surface area contributed by atoms with Gasteiger partial charge in [0.05, 0.1) is 11.8 Å². The van der Waals surface area contributed by atoms with Gasteiger partial charge in [-0.1, -0.05) is 0 Å². The van der Waals surface area contributed by atoms with Crippen LogP contribution < -0.4 is 0 Å². The van der Waals surface area contributed by atoms with Gasteiger partial charge in [0.15, 0.2) is 0 Å². The molecule has 1 fully saturated rings. The van der Waals surface area contributed by atoms with E-state index in [0.717, 1.165) is 25.1 Å². The van der Waals surface area contributed by atoms with E-state index in [9.17, 15) is 0 Å². The van der Waals surface area contributed by atoms with E-state index in [1.807, 2.05) is 17.9 Å². The van der Waals surface area contributed by atoms with Crippen LogP contribution in [-0.2, 0) is 18.2 Å². The molecule has 2 atom stereocenters. The lowest BCUT2D eigenvalue weighted by Gasteiger charge is -2.28. The molecule has 0 aliphatic carbocycles. The van der Waals surface area contributed by atoms with Crippen molar-refractivity contribution in [3.05, 3.63) is 18.0 Å². The maximum atomic E-state index is 6.10. The maximum Gasteiger partial charge on any atom is 0.0631 e. The molecule has 0 aromatic carbocycles. The summed E-state index contributed by atoms with van der Waals surface area (Å²) in [4.78, 5) is 0. The second-order valence-electron chi connectivity index (χ2n) is 4.42. The zero-order valence-corrected chi connectivity index (χ0v) is 10.00. The van der Waals surface area contributed by atoms with Gasteiger partial charge in [0.1, 0.15) is 0 Å². The minimum Gasteiger partial charge on any atom is -0.378 e. The summed E-state index contributed by atoms with van der Waals surface area (Å²) < 4.78 is 7.45. The molecule has 0 saturated carbocycles. The summed E-state index contributed by atoms with van der Waals surface area (Å²) in [6.07, 6.45) is 4.15. The molecule has 0 spiro atoms.